The fourth-order valence-corrected chi connectivity index (χ4v) is 2.54. The summed E-state index contributed by atoms with van der Waals surface area (Å²) in [7, 11) is 0. The summed E-state index contributed by atoms with van der Waals surface area (Å²) >= 11 is 0. The number of pyridine rings is 1. The smallest absolute Gasteiger partial charge is 0.271 e. The highest BCUT2D eigenvalue weighted by molar-refractivity contribution is 5.97. The number of hydrazine groups is 1. The molecule has 1 heterocycles. The number of aromatic nitrogens is 1. The van der Waals surface area contributed by atoms with Crippen molar-refractivity contribution in [3.63, 3.8) is 0 Å². The number of hydrogen-bond acceptors (Lipinski definition) is 3. The normalized spacial score (nSPS) is 10.6. The van der Waals surface area contributed by atoms with Gasteiger partial charge in [-0.25, -0.2) is 0 Å². The van der Waals surface area contributed by atoms with Gasteiger partial charge in [0.05, 0.1) is 12.1 Å². The Kier molecular flexibility index (Phi) is 6.15. The summed E-state index contributed by atoms with van der Waals surface area (Å²) in [6, 6.07) is 21.5. The van der Waals surface area contributed by atoms with Crippen molar-refractivity contribution in [1.82, 2.24) is 15.4 Å². The fourth-order valence-electron chi connectivity index (χ4n) is 2.54. The summed E-state index contributed by atoms with van der Waals surface area (Å²) < 4.78 is 1.45. The van der Waals surface area contributed by atoms with E-state index in [0.717, 1.165) is 11.1 Å². The molecule has 0 spiro atoms. The maximum Gasteiger partial charge on any atom is 0.271 e. The molecule has 0 saturated heterocycles. The van der Waals surface area contributed by atoms with Crippen molar-refractivity contribution in [2.24, 2.45) is 0 Å². The van der Waals surface area contributed by atoms with Crippen LogP contribution in [0, 0.1) is 0 Å². The van der Waals surface area contributed by atoms with Crippen LogP contribution in [0.15, 0.2) is 89.9 Å². The third kappa shape index (κ3) is 5.28. The molecule has 0 atom stereocenters. The Balaban J connectivity index is 1.61. The third-order valence-electron chi connectivity index (χ3n) is 3.97. The topological polar surface area (TPSA) is 80.2 Å². The number of nitrogens with one attached hydrogen (secondary N) is 2. The second kappa shape index (κ2) is 9.14. The predicted molar refractivity (Wildman–Crippen MR) is 107 cm³/mol. The highest BCUT2D eigenvalue weighted by Gasteiger charge is 2.08. The zero-order valence-electron chi connectivity index (χ0n) is 15.0. The molecule has 0 aliphatic heterocycles. The molecule has 0 radical (unpaired) electrons. The van der Waals surface area contributed by atoms with Crippen molar-refractivity contribution in [1.29, 1.82) is 0 Å². The number of hydrogen-bond donors (Lipinski definition) is 2. The molecular weight excluding hydrogens is 354 g/mol. The lowest BCUT2D eigenvalue weighted by Crippen LogP contribution is -2.41. The average molecular weight is 373 g/mol. The minimum atomic E-state index is -0.511. The molecule has 2 N–H and O–H groups in total. The van der Waals surface area contributed by atoms with Gasteiger partial charge in [0.25, 0.3) is 17.4 Å². The molecule has 6 nitrogen and oxygen atoms in total. The molecule has 3 aromatic rings. The lowest BCUT2D eigenvalue weighted by Gasteiger charge is -2.09. The van der Waals surface area contributed by atoms with Gasteiger partial charge in [-0.3, -0.25) is 25.2 Å². The van der Waals surface area contributed by atoms with Gasteiger partial charge in [0.15, 0.2) is 0 Å². The van der Waals surface area contributed by atoms with Crippen LogP contribution in [0.5, 0.6) is 0 Å². The molecule has 0 aliphatic rings. The third-order valence-corrected chi connectivity index (χ3v) is 3.97. The Hall–Kier alpha value is -3.93. The molecule has 3 rings (SSSR count). The first-order valence-electron chi connectivity index (χ1n) is 8.70. The predicted octanol–water partition coefficient (Wildman–Crippen LogP) is 2.37. The van der Waals surface area contributed by atoms with Crippen LogP contribution in [-0.2, 0) is 11.3 Å². The van der Waals surface area contributed by atoms with Crippen LogP contribution in [0.25, 0.3) is 6.08 Å². The van der Waals surface area contributed by atoms with E-state index in [-0.39, 0.29) is 11.1 Å². The molecule has 1 aromatic heterocycles. The van der Waals surface area contributed by atoms with E-state index in [0.29, 0.717) is 6.54 Å². The van der Waals surface area contributed by atoms with Gasteiger partial charge in [-0.15, -0.1) is 0 Å². The zero-order chi connectivity index (χ0) is 19.8. The summed E-state index contributed by atoms with van der Waals surface area (Å²) in [5.41, 5.74) is 6.53. The number of amides is 2. The summed E-state index contributed by atoms with van der Waals surface area (Å²) in [6.45, 7) is 0.354. The minimum absolute atomic E-state index is 0.213. The van der Waals surface area contributed by atoms with Gasteiger partial charge >= 0.3 is 0 Å². The zero-order valence-corrected chi connectivity index (χ0v) is 15.0. The molecule has 0 unspecified atom stereocenters. The maximum atomic E-state index is 12.3. The summed E-state index contributed by atoms with van der Waals surface area (Å²) in [5, 5.41) is 0. The fraction of sp³-hybridized carbons (Fsp3) is 0.0455. The van der Waals surface area contributed by atoms with Gasteiger partial charge < -0.3 is 4.57 Å². The second-order valence-corrected chi connectivity index (χ2v) is 6.06. The monoisotopic (exact) mass is 373 g/mol. The van der Waals surface area contributed by atoms with E-state index in [2.05, 4.69) is 10.9 Å². The second-order valence-electron chi connectivity index (χ2n) is 6.06. The van der Waals surface area contributed by atoms with E-state index < -0.39 is 11.8 Å². The van der Waals surface area contributed by atoms with Crippen molar-refractivity contribution in [3.8, 4) is 0 Å². The molecule has 2 amide bonds. The Labute approximate surface area is 162 Å². The first-order chi connectivity index (χ1) is 13.6. The Morgan fingerprint density at radius 2 is 1.54 bits per heavy atom. The maximum absolute atomic E-state index is 12.3. The Bertz CT molecular complexity index is 1040. The minimum Gasteiger partial charge on any atom is -0.310 e. The highest BCUT2D eigenvalue weighted by Crippen LogP contribution is 2.03. The lowest BCUT2D eigenvalue weighted by atomic mass is 10.2. The molecule has 140 valence electrons. The quantitative estimate of drug-likeness (QED) is 0.532. The van der Waals surface area contributed by atoms with Gasteiger partial charge in [-0.1, -0.05) is 60.7 Å². The van der Waals surface area contributed by atoms with Crippen LogP contribution in [0.1, 0.15) is 21.5 Å². The van der Waals surface area contributed by atoms with E-state index in [9.17, 15) is 14.4 Å². The van der Waals surface area contributed by atoms with Crippen LogP contribution in [0.2, 0.25) is 0 Å². The van der Waals surface area contributed by atoms with E-state index in [1.54, 1.807) is 6.08 Å². The molecule has 0 aliphatic carbocycles. The lowest BCUT2D eigenvalue weighted by molar-refractivity contribution is -0.117. The SMILES string of the molecule is O=C(C=Cc1ccccc1)NNC(=O)c1ccc(=O)n(Cc2ccccc2)c1. The van der Waals surface area contributed by atoms with E-state index in [4.69, 9.17) is 0 Å². The number of rotatable bonds is 5. The number of carbonyl (C=O) groups excluding carboxylic acids is 2. The molecule has 0 fully saturated rings. The van der Waals surface area contributed by atoms with Crippen molar-refractivity contribution in [3.05, 3.63) is 112 Å². The first kappa shape index (κ1) is 18.8. The summed E-state index contributed by atoms with van der Waals surface area (Å²) in [4.78, 5) is 36.2. The largest absolute Gasteiger partial charge is 0.310 e. The molecule has 0 bridgehead atoms. The van der Waals surface area contributed by atoms with Crippen LogP contribution >= 0.6 is 0 Å². The van der Waals surface area contributed by atoms with Crippen molar-refractivity contribution >= 4 is 17.9 Å². The molecule has 6 heteroatoms. The van der Waals surface area contributed by atoms with Gasteiger partial charge in [0.1, 0.15) is 0 Å². The molecule has 0 saturated carbocycles. The van der Waals surface area contributed by atoms with Crippen LogP contribution in [-0.4, -0.2) is 16.4 Å². The Morgan fingerprint density at radius 1 is 0.857 bits per heavy atom. The number of benzene rings is 2. The van der Waals surface area contributed by atoms with Gasteiger partial charge in [-0.05, 0) is 23.3 Å². The van der Waals surface area contributed by atoms with Crippen LogP contribution in [0.3, 0.4) is 0 Å². The van der Waals surface area contributed by atoms with Crippen LogP contribution < -0.4 is 16.4 Å². The van der Waals surface area contributed by atoms with Crippen molar-refractivity contribution < 1.29 is 9.59 Å². The van der Waals surface area contributed by atoms with Gasteiger partial charge in [-0.2, -0.15) is 0 Å². The molecule has 28 heavy (non-hydrogen) atoms. The van der Waals surface area contributed by atoms with Crippen LogP contribution in [0.4, 0.5) is 0 Å². The van der Waals surface area contributed by atoms with E-state index >= 15 is 0 Å². The summed E-state index contributed by atoms with van der Waals surface area (Å²) in [6.07, 6.45) is 4.43. The molecular formula is C22H19N3O3. The van der Waals surface area contributed by atoms with Gasteiger partial charge in [0, 0.05) is 18.3 Å². The standard InChI is InChI=1S/C22H19N3O3/c26-20(13-11-17-7-3-1-4-8-17)23-24-22(28)19-12-14-21(27)25(16-19)15-18-9-5-2-6-10-18/h1-14,16H,15H2,(H,23,26)(H,24,28). The van der Waals surface area contributed by atoms with Crippen molar-refractivity contribution in [2.45, 2.75) is 6.54 Å². The highest BCUT2D eigenvalue weighted by atomic mass is 16.2. The number of nitrogens with zero attached hydrogens (tertiary/aromatic N) is 1. The number of carbonyl (C=O) groups is 2. The van der Waals surface area contributed by atoms with E-state index in [1.807, 2.05) is 60.7 Å². The first-order valence-corrected chi connectivity index (χ1v) is 8.70. The van der Waals surface area contributed by atoms with E-state index in [1.165, 1.54) is 29.0 Å². The summed E-state index contributed by atoms with van der Waals surface area (Å²) in [5.74, 6) is -0.974. The average Bonchev–Trinajstić information content (AvgIpc) is 2.73. The Morgan fingerprint density at radius 3 is 2.25 bits per heavy atom. The van der Waals surface area contributed by atoms with Gasteiger partial charge in [0.2, 0.25) is 0 Å². The van der Waals surface area contributed by atoms with Crippen molar-refractivity contribution in [2.75, 3.05) is 0 Å². The molecule has 2 aromatic carbocycles.